The summed E-state index contributed by atoms with van der Waals surface area (Å²) in [5.74, 6) is 1.60. The minimum absolute atomic E-state index is 0.372. The number of aryl methyl sites for hydroxylation is 1. The first kappa shape index (κ1) is 9.98. The van der Waals surface area contributed by atoms with Crippen molar-refractivity contribution in [2.75, 3.05) is 0 Å². The van der Waals surface area contributed by atoms with Gasteiger partial charge >= 0.3 is 0 Å². The summed E-state index contributed by atoms with van der Waals surface area (Å²) in [6.07, 6.45) is 1.66. The average Bonchev–Trinajstić information content (AvgIpc) is 2.64. The quantitative estimate of drug-likeness (QED) is 0.814. The van der Waals surface area contributed by atoms with Crippen molar-refractivity contribution in [3.63, 3.8) is 0 Å². The van der Waals surface area contributed by atoms with Crippen LogP contribution in [0.25, 0.3) is 0 Å². The highest BCUT2D eigenvalue weighted by atomic mass is 35.5. The topological polar surface area (TPSA) is 50.8 Å². The van der Waals surface area contributed by atoms with Gasteiger partial charge in [-0.25, -0.2) is 0 Å². The number of ether oxygens (including phenoxy) is 1. The fourth-order valence-corrected chi connectivity index (χ4v) is 1.30. The normalized spacial score (nSPS) is 10.3. The van der Waals surface area contributed by atoms with Gasteiger partial charge in [0, 0.05) is 24.0 Å². The number of halogens is 1. The number of alkyl halides is 1. The second-order valence-corrected chi connectivity index (χ2v) is 3.38. The lowest BCUT2D eigenvalue weighted by Gasteiger charge is -2.02. The SMILES string of the molecule is Cc1cc(Oc2ccnc(CCl)c2)n[nH]1. The Balaban J connectivity index is 2.16. The van der Waals surface area contributed by atoms with Gasteiger partial charge in [-0.2, -0.15) is 0 Å². The Bertz CT molecular complexity index is 455. The number of hydrogen-bond acceptors (Lipinski definition) is 3. The van der Waals surface area contributed by atoms with E-state index in [-0.39, 0.29) is 0 Å². The van der Waals surface area contributed by atoms with Crippen LogP contribution in [0.5, 0.6) is 11.6 Å². The molecule has 4 nitrogen and oxygen atoms in total. The van der Waals surface area contributed by atoms with E-state index < -0.39 is 0 Å². The molecule has 5 heteroatoms. The maximum absolute atomic E-state index is 5.67. The number of nitrogens with zero attached hydrogens (tertiary/aromatic N) is 2. The lowest BCUT2D eigenvalue weighted by Crippen LogP contribution is -1.88. The van der Waals surface area contributed by atoms with Gasteiger partial charge in [-0.1, -0.05) is 0 Å². The summed E-state index contributed by atoms with van der Waals surface area (Å²) in [7, 11) is 0. The van der Waals surface area contributed by atoms with Crippen molar-refractivity contribution in [2.45, 2.75) is 12.8 Å². The zero-order chi connectivity index (χ0) is 10.7. The number of pyridine rings is 1. The van der Waals surface area contributed by atoms with Crippen LogP contribution in [-0.2, 0) is 5.88 Å². The van der Waals surface area contributed by atoms with E-state index in [4.69, 9.17) is 16.3 Å². The molecule has 1 N–H and O–H groups in total. The smallest absolute Gasteiger partial charge is 0.238 e. The molecule has 0 bridgehead atoms. The molecule has 0 amide bonds. The summed E-state index contributed by atoms with van der Waals surface area (Å²) in [4.78, 5) is 4.06. The van der Waals surface area contributed by atoms with E-state index in [1.165, 1.54) is 0 Å². The van der Waals surface area contributed by atoms with Crippen LogP contribution >= 0.6 is 11.6 Å². The number of nitrogens with one attached hydrogen (secondary N) is 1. The van der Waals surface area contributed by atoms with Crippen molar-refractivity contribution in [3.05, 3.63) is 35.8 Å². The van der Waals surface area contributed by atoms with Crippen LogP contribution < -0.4 is 4.74 Å². The van der Waals surface area contributed by atoms with Crippen LogP contribution in [0.3, 0.4) is 0 Å². The Hall–Kier alpha value is -1.55. The van der Waals surface area contributed by atoms with Crippen molar-refractivity contribution in [2.24, 2.45) is 0 Å². The van der Waals surface area contributed by atoms with Gasteiger partial charge in [0.25, 0.3) is 0 Å². The Morgan fingerprint density at radius 3 is 3.00 bits per heavy atom. The molecule has 2 aromatic heterocycles. The summed E-state index contributed by atoms with van der Waals surface area (Å²) in [5, 5.41) is 6.77. The standard InChI is InChI=1S/C10H10ClN3O/c1-7-4-10(14-13-7)15-9-2-3-12-8(5-9)6-11/h2-5H,6H2,1H3,(H,13,14). The lowest BCUT2D eigenvalue weighted by molar-refractivity contribution is 0.460. The number of H-pyrrole nitrogens is 1. The molecule has 0 fully saturated rings. The molecule has 0 aliphatic rings. The summed E-state index contributed by atoms with van der Waals surface area (Å²) in [6.45, 7) is 1.91. The highest BCUT2D eigenvalue weighted by Gasteiger charge is 2.01. The molecule has 0 saturated carbocycles. The molecule has 2 rings (SSSR count). The molecule has 0 aromatic carbocycles. The minimum atomic E-state index is 0.372. The third kappa shape index (κ3) is 2.47. The molecule has 0 saturated heterocycles. The fraction of sp³-hybridized carbons (Fsp3) is 0.200. The lowest BCUT2D eigenvalue weighted by atomic mass is 10.3. The Kier molecular flexibility index (Phi) is 2.87. The van der Waals surface area contributed by atoms with Crippen LogP contribution in [0, 0.1) is 6.92 Å². The molecular weight excluding hydrogens is 214 g/mol. The van der Waals surface area contributed by atoms with Crippen LogP contribution in [-0.4, -0.2) is 15.2 Å². The Morgan fingerprint density at radius 2 is 2.33 bits per heavy atom. The van der Waals surface area contributed by atoms with Gasteiger partial charge < -0.3 is 4.74 Å². The van der Waals surface area contributed by atoms with Crippen molar-refractivity contribution in [3.8, 4) is 11.6 Å². The van der Waals surface area contributed by atoms with E-state index >= 15 is 0 Å². The van der Waals surface area contributed by atoms with Crippen molar-refractivity contribution >= 4 is 11.6 Å². The van der Waals surface area contributed by atoms with E-state index in [1.807, 2.05) is 13.0 Å². The number of rotatable bonds is 3. The number of hydrogen-bond donors (Lipinski definition) is 1. The first-order valence-corrected chi connectivity index (χ1v) is 5.02. The molecule has 0 aliphatic heterocycles. The molecule has 78 valence electrons. The molecule has 0 unspecified atom stereocenters. The van der Waals surface area contributed by atoms with E-state index in [2.05, 4.69) is 15.2 Å². The first-order valence-electron chi connectivity index (χ1n) is 4.48. The second-order valence-electron chi connectivity index (χ2n) is 3.11. The molecule has 2 aromatic rings. The third-order valence-electron chi connectivity index (χ3n) is 1.83. The maximum Gasteiger partial charge on any atom is 0.238 e. The summed E-state index contributed by atoms with van der Waals surface area (Å²) in [5.41, 5.74) is 1.73. The monoisotopic (exact) mass is 223 g/mol. The van der Waals surface area contributed by atoms with Gasteiger partial charge in [0.05, 0.1) is 11.6 Å². The highest BCUT2D eigenvalue weighted by molar-refractivity contribution is 6.16. The van der Waals surface area contributed by atoms with E-state index in [0.717, 1.165) is 11.4 Å². The van der Waals surface area contributed by atoms with Crippen molar-refractivity contribution < 1.29 is 4.74 Å². The molecular formula is C10H10ClN3O. The predicted molar refractivity (Wildman–Crippen MR) is 57.2 cm³/mol. The molecule has 15 heavy (non-hydrogen) atoms. The fourth-order valence-electron chi connectivity index (χ4n) is 1.16. The molecule has 0 aliphatic carbocycles. The largest absolute Gasteiger partial charge is 0.437 e. The van der Waals surface area contributed by atoms with Crippen LogP contribution in [0.4, 0.5) is 0 Å². The average molecular weight is 224 g/mol. The maximum atomic E-state index is 5.67. The van der Waals surface area contributed by atoms with Crippen molar-refractivity contribution in [1.29, 1.82) is 0 Å². The van der Waals surface area contributed by atoms with E-state index in [9.17, 15) is 0 Å². The molecule has 2 heterocycles. The van der Waals surface area contributed by atoms with Gasteiger partial charge in [0.1, 0.15) is 5.75 Å². The van der Waals surface area contributed by atoms with Crippen LogP contribution in [0.15, 0.2) is 24.4 Å². The van der Waals surface area contributed by atoms with E-state index in [0.29, 0.717) is 17.5 Å². The number of aromatic amines is 1. The van der Waals surface area contributed by atoms with E-state index in [1.54, 1.807) is 18.3 Å². The Labute approximate surface area is 92.3 Å². The van der Waals surface area contributed by atoms with Crippen LogP contribution in [0.2, 0.25) is 0 Å². The summed E-state index contributed by atoms with van der Waals surface area (Å²) in [6, 6.07) is 5.37. The zero-order valence-electron chi connectivity index (χ0n) is 8.20. The molecule has 0 radical (unpaired) electrons. The minimum Gasteiger partial charge on any atom is -0.437 e. The summed E-state index contributed by atoms with van der Waals surface area (Å²) < 4.78 is 5.50. The second kappa shape index (κ2) is 4.31. The molecule has 0 atom stereocenters. The molecule has 0 spiro atoms. The van der Waals surface area contributed by atoms with Gasteiger partial charge in [-0.3, -0.25) is 10.1 Å². The highest BCUT2D eigenvalue weighted by Crippen LogP contribution is 2.20. The summed E-state index contributed by atoms with van der Waals surface area (Å²) >= 11 is 5.67. The zero-order valence-corrected chi connectivity index (χ0v) is 8.95. The number of aromatic nitrogens is 3. The van der Waals surface area contributed by atoms with Crippen LogP contribution in [0.1, 0.15) is 11.4 Å². The van der Waals surface area contributed by atoms with Gasteiger partial charge in [0.15, 0.2) is 0 Å². The van der Waals surface area contributed by atoms with Gasteiger partial charge in [0.2, 0.25) is 5.88 Å². The predicted octanol–water partition coefficient (Wildman–Crippen LogP) is 2.64. The van der Waals surface area contributed by atoms with Gasteiger partial charge in [-0.15, -0.1) is 16.7 Å². The Morgan fingerprint density at radius 1 is 1.47 bits per heavy atom. The first-order chi connectivity index (χ1) is 7.28. The third-order valence-corrected chi connectivity index (χ3v) is 2.10. The van der Waals surface area contributed by atoms with Crippen molar-refractivity contribution in [1.82, 2.24) is 15.2 Å². The van der Waals surface area contributed by atoms with Gasteiger partial charge in [-0.05, 0) is 13.0 Å².